The number of primary amides is 1. The zero-order valence-corrected chi connectivity index (χ0v) is 18.9. The van der Waals surface area contributed by atoms with Gasteiger partial charge in [0.15, 0.2) is 11.6 Å². The molecule has 2 aromatic carbocycles. The van der Waals surface area contributed by atoms with E-state index in [-0.39, 0.29) is 18.8 Å². The van der Waals surface area contributed by atoms with Crippen molar-refractivity contribution in [1.82, 2.24) is 24.7 Å². The van der Waals surface area contributed by atoms with Crippen LogP contribution in [0.2, 0.25) is 0 Å². The highest BCUT2D eigenvalue weighted by molar-refractivity contribution is 5.94. The molecule has 0 unspecified atom stereocenters. The zero-order chi connectivity index (χ0) is 24.4. The van der Waals surface area contributed by atoms with Crippen LogP contribution in [0.5, 0.6) is 5.75 Å². The Morgan fingerprint density at radius 2 is 1.86 bits per heavy atom. The highest BCUT2D eigenvalue weighted by Crippen LogP contribution is 2.29. The Morgan fingerprint density at radius 3 is 2.66 bits per heavy atom. The quantitative estimate of drug-likeness (QED) is 0.389. The van der Waals surface area contributed by atoms with E-state index in [2.05, 4.69) is 9.97 Å². The maximum absolute atomic E-state index is 14.3. The van der Waals surface area contributed by atoms with Gasteiger partial charge in [-0.1, -0.05) is 36.4 Å². The molecule has 0 aliphatic heterocycles. The number of nitrogens with two attached hydrogens (primary N) is 1. The molecule has 0 aliphatic rings. The summed E-state index contributed by atoms with van der Waals surface area (Å²) in [6.45, 7) is 0.259. The highest BCUT2D eigenvalue weighted by atomic mass is 19.1. The first-order valence-electron chi connectivity index (χ1n) is 10.9. The third-order valence-electron chi connectivity index (χ3n) is 5.73. The summed E-state index contributed by atoms with van der Waals surface area (Å²) < 4.78 is 21.5. The molecule has 5 rings (SSSR count). The van der Waals surface area contributed by atoms with E-state index in [1.54, 1.807) is 41.3 Å². The maximum atomic E-state index is 14.3. The predicted octanol–water partition coefficient (Wildman–Crippen LogP) is 3.77. The molecule has 3 aromatic heterocycles. The van der Waals surface area contributed by atoms with Gasteiger partial charge in [0.05, 0.1) is 36.6 Å². The molecule has 0 aliphatic carbocycles. The molecule has 8 nitrogen and oxygen atoms in total. The van der Waals surface area contributed by atoms with E-state index in [9.17, 15) is 9.18 Å². The number of nitrogens with zero attached hydrogens (tertiary/aromatic N) is 5. The van der Waals surface area contributed by atoms with Gasteiger partial charge >= 0.3 is 0 Å². The summed E-state index contributed by atoms with van der Waals surface area (Å²) in [5.41, 5.74) is 8.99. The summed E-state index contributed by atoms with van der Waals surface area (Å²) in [5.74, 6) is -0.00603. The van der Waals surface area contributed by atoms with Gasteiger partial charge in [0, 0.05) is 29.8 Å². The van der Waals surface area contributed by atoms with Gasteiger partial charge in [0.2, 0.25) is 0 Å². The second-order valence-electron chi connectivity index (χ2n) is 7.90. The summed E-state index contributed by atoms with van der Waals surface area (Å²) in [6.07, 6.45) is 4.89. The molecule has 9 heteroatoms. The monoisotopic (exact) mass is 468 g/mol. The number of carbonyl (C=O) groups excluding carboxylic acids is 1. The van der Waals surface area contributed by atoms with E-state index in [4.69, 9.17) is 20.6 Å². The largest absolute Gasteiger partial charge is 0.493 e. The number of fused-ring (bicyclic) bond motifs is 1. The Balaban J connectivity index is 1.59. The van der Waals surface area contributed by atoms with E-state index >= 15 is 0 Å². The van der Waals surface area contributed by atoms with Crippen LogP contribution in [0.15, 0.2) is 73.2 Å². The fourth-order valence-electron chi connectivity index (χ4n) is 4.00. The number of carbonyl (C=O) groups is 1. The van der Waals surface area contributed by atoms with Crippen LogP contribution in [0.25, 0.3) is 22.4 Å². The fraction of sp³-hybridized carbons (Fsp3) is 0.115. The Kier molecular flexibility index (Phi) is 5.88. The number of hydrogen-bond acceptors (Lipinski definition) is 6. The number of benzene rings is 2. The second-order valence-corrected chi connectivity index (χ2v) is 7.90. The van der Waals surface area contributed by atoms with Crippen molar-refractivity contribution < 1.29 is 13.9 Å². The Hall–Kier alpha value is -4.66. The average molecular weight is 468 g/mol. The molecule has 0 saturated carbocycles. The van der Waals surface area contributed by atoms with Crippen molar-refractivity contribution in [3.63, 3.8) is 0 Å². The van der Waals surface area contributed by atoms with Crippen molar-refractivity contribution in [1.29, 1.82) is 0 Å². The third-order valence-corrected chi connectivity index (χ3v) is 5.73. The fourth-order valence-corrected chi connectivity index (χ4v) is 4.00. The van der Waals surface area contributed by atoms with Crippen LogP contribution in [0, 0.1) is 5.82 Å². The van der Waals surface area contributed by atoms with Crippen molar-refractivity contribution in [3.05, 3.63) is 101 Å². The molecule has 5 aromatic rings. The molecule has 0 atom stereocenters. The van der Waals surface area contributed by atoms with Crippen molar-refractivity contribution in [2.75, 3.05) is 7.11 Å². The lowest BCUT2D eigenvalue weighted by molar-refractivity contribution is 0.0999. The van der Waals surface area contributed by atoms with Gasteiger partial charge in [-0.3, -0.25) is 14.5 Å². The lowest BCUT2D eigenvalue weighted by atomic mass is 10.0. The van der Waals surface area contributed by atoms with Crippen LogP contribution in [0.1, 0.15) is 27.2 Å². The van der Waals surface area contributed by atoms with Gasteiger partial charge in [-0.15, -0.1) is 0 Å². The van der Waals surface area contributed by atoms with Gasteiger partial charge in [0.25, 0.3) is 5.91 Å². The first kappa shape index (κ1) is 22.1. The molecule has 174 valence electrons. The lowest BCUT2D eigenvalue weighted by Crippen LogP contribution is -2.15. The molecule has 0 saturated heterocycles. The summed E-state index contributed by atoms with van der Waals surface area (Å²) >= 11 is 0. The minimum absolute atomic E-state index is 0.259. The van der Waals surface area contributed by atoms with Gasteiger partial charge in [0.1, 0.15) is 11.5 Å². The molecule has 1 amide bonds. The Labute approximate surface area is 200 Å². The molecule has 35 heavy (non-hydrogen) atoms. The molecule has 0 fully saturated rings. The maximum Gasteiger partial charge on any atom is 0.250 e. The number of aromatic nitrogens is 5. The topological polar surface area (TPSA) is 109 Å². The minimum Gasteiger partial charge on any atom is -0.493 e. The van der Waals surface area contributed by atoms with Gasteiger partial charge in [-0.2, -0.15) is 5.10 Å². The number of amides is 1. The number of para-hydroxylation sites is 1. The van der Waals surface area contributed by atoms with Gasteiger partial charge in [-0.25, -0.2) is 14.4 Å². The van der Waals surface area contributed by atoms with E-state index in [1.165, 1.54) is 19.4 Å². The Bertz CT molecular complexity index is 1550. The Morgan fingerprint density at radius 1 is 1.06 bits per heavy atom. The third kappa shape index (κ3) is 4.31. The first-order chi connectivity index (χ1) is 17.0. The molecule has 0 spiro atoms. The van der Waals surface area contributed by atoms with Crippen molar-refractivity contribution in [2.24, 2.45) is 5.73 Å². The molecule has 0 radical (unpaired) electrons. The zero-order valence-electron chi connectivity index (χ0n) is 18.9. The first-order valence-corrected chi connectivity index (χ1v) is 10.9. The summed E-state index contributed by atoms with van der Waals surface area (Å²) in [6, 6.07) is 16.0. The van der Waals surface area contributed by atoms with Crippen molar-refractivity contribution in [3.8, 4) is 17.3 Å². The van der Waals surface area contributed by atoms with E-state index < -0.39 is 5.91 Å². The van der Waals surface area contributed by atoms with E-state index in [1.807, 2.05) is 24.3 Å². The lowest BCUT2D eigenvalue weighted by Gasteiger charge is -2.10. The summed E-state index contributed by atoms with van der Waals surface area (Å²) in [5, 5.41) is 5.58. The summed E-state index contributed by atoms with van der Waals surface area (Å²) in [7, 11) is 1.53. The standard InChI is InChI=1S/C26H21FN6O2/c1-35-23-14-30-26(31-21(23)12-16-10-11-29-13-19(16)25(28)34)24-18-7-3-5-9-22(18)33(32-24)15-17-6-2-4-8-20(17)27/h2-11,13-14H,12,15H2,1H3,(H2,28,34). The van der Waals surface area contributed by atoms with Crippen LogP contribution in [-0.4, -0.2) is 37.7 Å². The molecule has 3 heterocycles. The normalized spacial score (nSPS) is 11.0. The van der Waals surface area contributed by atoms with Gasteiger partial charge in [-0.05, 0) is 23.8 Å². The van der Waals surface area contributed by atoms with Crippen LogP contribution in [0.3, 0.4) is 0 Å². The van der Waals surface area contributed by atoms with Crippen molar-refractivity contribution >= 4 is 16.8 Å². The van der Waals surface area contributed by atoms with Crippen LogP contribution >= 0.6 is 0 Å². The molecule has 0 bridgehead atoms. The van der Waals surface area contributed by atoms with Crippen LogP contribution in [-0.2, 0) is 13.0 Å². The minimum atomic E-state index is -0.570. The highest BCUT2D eigenvalue weighted by Gasteiger charge is 2.19. The molecular weight excluding hydrogens is 447 g/mol. The van der Waals surface area contributed by atoms with Crippen LogP contribution < -0.4 is 10.5 Å². The van der Waals surface area contributed by atoms with E-state index in [0.717, 1.165) is 10.9 Å². The average Bonchev–Trinajstić information content (AvgIpc) is 3.24. The number of ether oxygens (including phenoxy) is 1. The number of hydrogen-bond donors (Lipinski definition) is 1. The van der Waals surface area contributed by atoms with E-state index in [0.29, 0.717) is 39.7 Å². The van der Waals surface area contributed by atoms with Crippen molar-refractivity contribution in [2.45, 2.75) is 13.0 Å². The number of halogens is 1. The van der Waals surface area contributed by atoms with Crippen LogP contribution in [0.4, 0.5) is 4.39 Å². The molecular formula is C26H21FN6O2. The summed E-state index contributed by atoms with van der Waals surface area (Å²) in [4.78, 5) is 25.1. The molecule has 2 N–H and O–H groups in total. The smallest absolute Gasteiger partial charge is 0.250 e. The number of rotatable bonds is 7. The van der Waals surface area contributed by atoms with Gasteiger partial charge < -0.3 is 10.5 Å². The SMILES string of the molecule is COc1cnc(-c2nn(Cc3ccccc3F)c3ccccc23)nc1Cc1ccncc1C(N)=O. The number of methoxy groups -OCH3 is 1. The second kappa shape index (κ2) is 9.30. The number of pyridine rings is 1. The predicted molar refractivity (Wildman–Crippen MR) is 128 cm³/mol.